The summed E-state index contributed by atoms with van der Waals surface area (Å²) < 4.78 is 0. The lowest BCUT2D eigenvalue weighted by Crippen LogP contribution is -2.39. The van der Waals surface area contributed by atoms with Crippen LogP contribution >= 0.6 is 0 Å². The molecule has 0 fully saturated rings. The molecule has 0 heterocycles. The van der Waals surface area contributed by atoms with Crippen LogP contribution in [0, 0.1) is 0 Å². The summed E-state index contributed by atoms with van der Waals surface area (Å²) >= 11 is 0. The van der Waals surface area contributed by atoms with Crippen molar-refractivity contribution in [2.45, 2.75) is 38.6 Å². The van der Waals surface area contributed by atoms with Gasteiger partial charge < -0.3 is 10.4 Å². The fraction of sp³-hybridized carbons (Fsp3) is 0.429. The number of hydrogen-bond acceptors (Lipinski definition) is 2. The van der Waals surface area contributed by atoms with Gasteiger partial charge in [-0.25, -0.2) is 0 Å². The highest BCUT2D eigenvalue weighted by atomic mass is 16.4. The lowest BCUT2D eigenvalue weighted by atomic mass is 10.0. The van der Waals surface area contributed by atoms with E-state index in [1.54, 1.807) is 0 Å². The predicted octanol–water partition coefficient (Wildman–Crippen LogP) is 1.31. The highest BCUT2D eigenvalue weighted by Gasteiger charge is 2.15. The fourth-order valence-corrected chi connectivity index (χ4v) is 2.27. The van der Waals surface area contributed by atoms with Crippen LogP contribution in [0.2, 0.25) is 0 Å². The van der Waals surface area contributed by atoms with Crippen molar-refractivity contribution < 1.29 is 14.7 Å². The minimum absolute atomic E-state index is 0.241. The van der Waals surface area contributed by atoms with Crippen molar-refractivity contribution in [2.75, 3.05) is 0 Å². The van der Waals surface area contributed by atoms with Crippen molar-refractivity contribution in [3.8, 4) is 0 Å². The maximum absolute atomic E-state index is 11.7. The summed E-state index contributed by atoms with van der Waals surface area (Å²) in [5.41, 5.74) is 3.65. The Morgan fingerprint density at radius 3 is 2.78 bits per heavy atom. The predicted molar refractivity (Wildman–Crippen MR) is 67.4 cm³/mol. The summed E-state index contributed by atoms with van der Waals surface area (Å²) in [7, 11) is 0. The van der Waals surface area contributed by atoms with Crippen LogP contribution < -0.4 is 5.32 Å². The molecule has 1 aromatic carbocycles. The zero-order chi connectivity index (χ0) is 13.1. The maximum atomic E-state index is 11.7. The van der Waals surface area contributed by atoms with E-state index in [-0.39, 0.29) is 12.3 Å². The second-order valence-electron chi connectivity index (χ2n) is 4.76. The number of fused-ring (bicyclic) bond motifs is 1. The first-order valence-corrected chi connectivity index (χ1v) is 6.19. The van der Waals surface area contributed by atoms with E-state index in [4.69, 9.17) is 5.11 Å². The van der Waals surface area contributed by atoms with Gasteiger partial charge in [-0.15, -0.1) is 0 Å². The zero-order valence-corrected chi connectivity index (χ0v) is 10.4. The summed E-state index contributed by atoms with van der Waals surface area (Å²) in [5, 5.41) is 11.2. The molecule has 0 spiro atoms. The highest BCUT2D eigenvalue weighted by molar-refractivity contribution is 5.84. The number of aliphatic carboxylic acids is 1. The molecule has 1 atom stereocenters. The van der Waals surface area contributed by atoms with E-state index in [1.165, 1.54) is 24.5 Å². The van der Waals surface area contributed by atoms with E-state index in [0.717, 1.165) is 18.4 Å². The summed E-state index contributed by atoms with van der Waals surface area (Å²) in [4.78, 5) is 22.3. The molecule has 4 heteroatoms. The average Bonchev–Trinajstić information content (AvgIpc) is 2.75. The van der Waals surface area contributed by atoms with Crippen LogP contribution in [0.5, 0.6) is 0 Å². The number of carboxylic acid groups (broad SMARTS) is 1. The first kappa shape index (κ1) is 12.6. The Bertz CT molecular complexity index is 482. The molecular weight excluding hydrogens is 230 g/mol. The first-order chi connectivity index (χ1) is 8.56. The van der Waals surface area contributed by atoms with Gasteiger partial charge in [0.15, 0.2) is 0 Å². The number of rotatable bonds is 4. The summed E-state index contributed by atoms with van der Waals surface area (Å²) in [6, 6.07) is 5.25. The molecule has 1 aromatic rings. The van der Waals surface area contributed by atoms with Gasteiger partial charge in [-0.05, 0) is 42.9 Å². The van der Waals surface area contributed by atoms with E-state index in [1.807, 2.05) is 6.07 Å². The quantitative estimate of drug-likeness (QED) is 0.843. The third kappa shape index (κ3) is 2.88. The summed E-state index contributed by atoms with van der Waals surface area (Å²) in [6.07, 6.45) is 3.63. The van der Waals surface area contributed by atoms with E-state index < -0.39 is 12.0 Å². The van der Waals surface area contributed by atoms with Gasteiger partial charge in [0.25, 0.3) is 0 Å². The van der Waals surface area contributed by atoms with Crippen LogP contribution in [0.15, 0.2) is 18.2 Å². The molecule has 1 aliphatic rings. The smallest absolute Gasteiger partial charge is 0.325 e. The minimum Gasteiger partial charge on any atom is -0.480 e. The summed E-state index contributed by atoms with van der Waals surface area (Å²) in [5.74, 6) is -1.26. The van der Waals surface area contributed by atoms with Crippen LogP contribution in [0.3, 0.4) is 0 Å². The maximum Gasteiger partial charge on any atom is 0.325 e. The molecule has 0 saturated carbocycles. The zero-order valence-electron chi connectivity index (χ0n) is 10.4. The van der Waals surface area contributed by atoms with Gasteiger partial charge in [0.05, 0.1) is 6.42 Å². The molecule has 96 valence electrons. The molecule has 4 nitrogen and oxygen atoms in total. The van der Waals surface area contributed by atoms with Gasteiger partial charge in [0.2, 0.25) is 5.91 Å². The molecule has 18 heavy (non-hydrogen) atoms. The Balaban J connectivity index is 1.97. The number of hydrogen-bond donors (Lipinski definition) is 2. The van der Waals surface area contributed by atoms with Crippen molar-refractivity contribution in [3.63, 3.8) is 0 Å². The Kier molecular flexibility index (Phi) is 3.65. The monoisotopic (exact) mass is 247 g/mol. The fourth-order valence-electron chi connectivity index (χ4n) is 2.27. The number of nitrogens with one attached hydrogen (secondary N) is 1. The normalized spacial score (nSPS) is 14.9. The van der Waals surface area contributed by atoms with Crippen LogP contribution in [0.1, 0.15) is 30.0 Å². The second-order valence-corrected chi connectivity index (χ2v) is 4.76. The summed E-state index contributed by atoms with van der Waals surface area (Å²) in [6.45, 7) is 1.46. The van der Waals surface area contributed by atoms with E-state index >= 15 is 0 Å². The Morgan fingerprint density at radius 2 is 2.06 bits per heavy atom. The van der Waals surface area contributed by atoms with E-state index in [2.05, 4.69) is 17.4 Å². The van der Waals surface area contributed by atoms with E-state index in [9.17, 15) is 9.59 Å². The third-order valence-electron chi connectivity index (χ3n) is 3.28. The first-order valence-electron chi connectivity index (χ1n) is 6.19. The Hall–Kier alpha value is -1.84. The molecule has 2 N–H and O–H groups in total. The number of carbonyl (C=O) groups is 2. The standard InChI is InChI=1S/C14H17NO3/c1-9(14(17)18)15-13(16)8-10-5-6-11-3-2-4-12(11)7-10/h5-7,9H,2-4,8H2,1H3,(H,15,16)(H,17,18)/t9-/m0/s1. The number of carboxylic acids is 1. The average molecular weight is 247 g/mol. The van der Waals surface area contributed by atoms with Gasteiger partial charge in [0, 0.05) is 0 Å². The lowest BCUT2D eigenvalue weighted by molar-refractivity contribution is -0.141. The molecule has 0 bridgehead atoms. The molecule has 1 amide bonds. The van der Waals surface area contributed by atoms with Crippen LogP contribution in [-0.4, -0.2) is 23.0 Å². The van der Waals surface area contributed by atoms with Crippen LogP contribution in [0.25, 0.3) is 0 Å². The molecule has 1 aliphatic carbocycles. The van der Waals surface area contributed by atoms with Crippen molar-refractivity contribution in [3.05, 3.63) is 34.9 Å². The number of amides is 1. The lowest BCUT2D eigenvalue weighted by Gasteiger charge is -2.10. The van der Waals surface area contributed by atoms with Gasteiger partial charge in [-0.1, -0.05) is 18.2 Å². The highest BCUT2D eigenvalue weighted by Crippen LogP contribution is 2.22. The SMILES string of the molecule is C[C@H](NC(=O)Cc1ccc2c(c1)CCC2)C(=O)O. The van der Waals surface area contributed by atoms with Crippen molar-refractivity contribution in [2.24, 2.45) is 0 Å². The molecule has 0 unspecified atom stereocenters. The van der Waals surface area contributed by atoms with Gasteiger partial charge in [0.1, 0.15) is 6.04 Å². The molecule has 0 radical (unpaired) electrons. The third-order valence-corrected chi connectivity index (χ3v) is 3.28. The van der Waals surface area contributed by atoms with Gasteiger partial charge in [-0.3, -0.25) is 9.59 Å². The van der Waals surface area contributed by atoms with Crippen LogP contribution in [0.4, 0.5) is 0 Å². The largest absolute Gasteiger partial charge is 0.480 e. The molecular formula is C14H17NO3. The van der Waals surface area contributed by atoms with Crippen LogP contribution in [-0.2, 0) is 28.9 Å². The van der Waals surface area contributed by atoms with E-state index in [0.29, 0.717) is 0 Å². The topological polar surface area (TPSA) is 66.4 Å². The molecule has 2 rings (SSSR count). The van der Waals surface area contributed by atoms with Gasteiger partial charge in [-0.2, -0.15) is 0 Å². The number of aryl methyl sites for hydroxylation is 2. The molecule has 0 aromatic heterocycles. The minimum atomic E-state index is -1.02. The number of carbonyl (C=O) groups excluding carboxylic acids is 1. The number of benzene rings is 1. The Morgan fingerprint density at radius 1 is 1.33 bits per heavy atom. The van der Waals surface area contributed by atoms with Gasteiger partial charge >= 0.3 is 5.97 Å². The van der Waals surface area contributed by atoms with Crippen molar-refractivity contribution in [1.82, 2.24) is 5.32 Å². The molecule has 0 aliphatic heterocycles. The Labute approximate surface area is 106 Å². The second kappa shape index (κ2) is 5.21. The van der Waals surface area contributed by atoms with Crippen molar-refractivity contribution >= 4 is 11.9 Å². The molecule has 0 saturated heterocycles. The van der Waals surface area contributed by atoms with Crippen molar-refractivity contribution in [1.29, 1.82) is 0 Å².